The molecule has 0 aromatic heterocycles. The third-order valence-electron chi connectivity index (χ3n) is 3.93. The van der Waals surface area contributed by atoms with Gasteiger partial charge in [-0.05, 0) is 46.1 Å². The molecule has 0 saturated heterocycles. The number of nitrogens with one attached hydrogen (secondary N) is 2. The van der Waals surface area contributed by atoms with Crippen molar-refractivity contribution in [2.45, 2.75) is 13.8 Å². The van der Waals surface area contributed by atoms with E-state index in [9.17, 15) is 18.0 Å². The van der Waals surface area contributed by atoms with E-state index in [4.69, 9.17) is 0 Å². The molecule has 7 nitrogen and oxygen atoms in total. The monoisotopic (exact) mass is 481 g/mol. The van der Waals surface area contributed by atoms with Crippen molar-refractivity contribution in [2.24, 2.45) is 5.92 Å². The number of amides is 2. The van der Waals surface area contributed by atoms with Gasteiger partial charge in [-0.15, -0.1) is 0 Å². The quantitative estimate of drug-likeness (QED) is 0.604. The lowest BCUT2D eigenvalue weighted by atomic mass is 10.1. The van der Waals surface area contributed by atoms with Crippen LogP contribution in [0.3, 0.4) is 0 Å². The van der Waals surface area contributed by atoms with E-state index in [1.807, 2.05) is 13.8 Å². The minimum Gasteiger partial charge on any atom is -0.352 e. The molecular weight excluding hydrogens is 458 g/mol. The van der Waals surface area contributed by atoms with Crippen molar-refractivity contribution in [3.05, 3.63) is 58.6 Å². The van der Waals surface area contributed by atoms with Crippen LogP contribution in [0.15, 0.2) is 53.0 Å². The molecule has 9 heteroatoms. The van der Waals surface area contributed by atoms with Crippen LogP contribution in [-0.2, 0) is 14.8 Å². The van der Waals surface area contributed by atoms with Gasteiger partial charge in [0.05, 0.1) is 23.2 Å². The molecule has 156 valence electrons. The van der Waals surface area contributed by atoms with Crippen LogP contribution in [0.2, 0.25) is 0 Å². The first-order chi connectivity index (χ1) is 13.6. The number of halogens is 1. The minimum atomic E-state index is -3.71. The smallest absolute Gasteiger partial charge is 0.253 e. The average molecular weight is 482 g/mol. The Balaban J connectivity index is 2.22. The summed E-state index contributed by atoms with van der Waals surface area (Å²) >= 11 is 3.31. The molecule has 0 aliphatic heterocycles. The van der Waals surface area contributed by atoms with E-state index in [1.165, 1.54) is 0 Å². The second-order valence-electron chi connectivity index (χ2n) is 6.92. The lowest BCUT2D eigenvalue weighted by Gasteiger charge is -2.23. The third kappa shape index (κ3) is 6.57. The molecule has 0 fully saturated rings. The zero-order valence-electron chi connectivity index (χ0n) is 16.5. The van der Waals surface area contributed by atoms with Crippen LogP contribution in [0.5, 0.6) is 0 Å². The molecule has 0 radical (unpaired) electrons. The van der Waals surface area contributed by atoms with E-state index in [2.05, 4.69) is 26.6 Å². The van der Waals surface area contributed by atoms with Crippen LogP contribution in [0.25, 0.3) is 0 Å². The van der Waals surface area contributed by atoms with Crippen molar-refractivity contribution in [1.82, 2.24) is 5.32 Å². The molecule has 2 N–H and O–H groups in total. The Morgan fingerprint density at radius 2 is 1.69 bits per heavy atom. The maximum Gasteiger partial charge on any atom is 0.253 e. The van der Waals surface area contributed by atoms with E-state index in [-0.39, 0.29) is 11.8 Å². The van der Waals surface area contributed by atoms with Gasteiger partial charge in [0.2, 0.25) is 15.9 Å². The van der Waals surface area contributed by atoms with E-state index < -0.39 is 22.5 Å². The predicted molar refractivity (Wildman–Crippen MR) is 119 cm³/mol. The Morgan fingerprint density at radius 1 is 1.07 bits per heavy atom. The van der Waals surface area contributed by atoms with Crippen molar-refractivity contribution in [1.29, 1.82) is 0 Å². The third-order valence-corrected chi connectivity index (χ3v) is 5.72. The van der Waals surface area contributed by atoms with E-state index in [0.717, 1.165) is 10.6 Å². The van der Waals surface area contributed by atoms with E-state index >= 15 is 0 Å². The molecule has 0 unspecified atom stereocenters. The normalized spacial score (nSPS) is 11.2. The molecule has 0 aliphatic carbocycles. The molecular formula is C20H24BrN3O4S. The summed E-state index contributed by atoms with van der Waals surface area (Å²) in [5.74, 6) is -0.580. The first-order valence-electron chi connectivity index (χ1n) is 8.99. The number of nitrogens with zero attached hydrogens (tertiary/aromatic N) is 1. The Labute approximate surface area is 179 Å². The van der Waals surface area contributed by atoms with E-state index in [0.29, 0.717) is 28.0 Å². The Morgan fingerprint density at radius 3 is 2.31 bits per heavy atom. The van der Waals surface area contributed by atoms with Gasteiger partial charge in [0.25, 0.3) is 5.91 Å². The lowest BCUT2D eigenvalue weighted by Crippen LogP contribution is -2.38. The molecule has 29 heavy (non-hydrogen) atoms. The number of hydrogen-bond acceptors (Lipinski definition) is 4. The standard InChI is InChI=1S/C20H24BrN3O4S/c1-14(2)12-22-20(26)15-8-4-6-10-17(15)23-19(25)13-24(29(3,27)28)18-11-7-5-9-16(18)21/h4-11,14H,12-13H2,1-3H3,(H,22,26)(H,23,25). The molecule has 2 aromatic rings. The molecule has 0 aliphatic rings. The van der Waals surface area contributed by atoms with Crippen LogP contribution in [0.4, 0.5) is 11.4 Å². The number of benzene rings is 2. The van der Waals surface area contributed by atoms with Crippen LogP contribution in [0, 0.1) is 5.92 Å². The molecule has 0 saturated carbocycles. The van der Waals surface area contributed by atoms with Gasteiger partial charge in [0.15, 0.2) is 0 Å². The predicted octanol–water partition coefficient (Wildman–Crippen LogP) is 3.24. The van der Waals surface area contributed by atoms with Gasteiger partial charge in [-0.3, -0.25) is 13.9 Å². The number of carbonyl (C=O) groups excluding carboxylic acids is 2. The SMILES string of the molecule is CC(C)CNC(=O)c1ccccc1NC(=O)CN(c1ccccc1Br)S(C)(=O)=O. The van der Waals surface area contributed by atoms with Crippen LogP contribution in [-0.4, -0.2) is 39.6 Å². The van der Waals surface area contributed by atoms with Gasteiger partial charge in [-0.1, -0.05) is 38.1 Å². The van der Waals surface area contributed by atoms with Crippen molar-refractivity contribution in [3.63, 3.8) is 0 Å². The fourth-order valence-corrected chi connectivity index (χ4v) is 4.02. The average Bonchev–Trinajstić information content (AvgIpc) is 2.64. The summed E-state index contributed by atoms with van der Waals surface area (Å²) in [6.45, 7) is 4.04. The Kier molecular flexibility index (Phi) is 7.80. The Hall–Kier alpha value is -2.39. The maximum absolute atomic E-state index is 12.6. The highest BCUT2D eigenvalue weighted by Gasteiger charge is 2.23. The first kappa shape index (κ1) is 22.9. The fourth-order valence-electron chi connectivity index (χ4n) is 2.54. The van der Waals surface area contributed by atoms with Crippen LogP contribution >= 0.6 is 15.9 Å². The molecule has 0 atom stereocenters. The van der Waals surface area contributed by atoms with Gasteiger partial charge in [0, 0.05) is 11.0 Å². The molecule has 2 amide bonds. The molecule has 0 spiro atoms. The first-order valence-corrected chi connectivity index (χ1v) is 11.6. The second kappa shape index (κ2) is 9.89. The number of hydrogen-bond donors (Lipinski definition) is 2. The summed E-state index contributed by atoms with van der Waals surface area (Å²) in [5.41, 5.74) is 0.987. The number of sulfonamides is 1. The van der Waals surface area contributed by atoms with Gasteiger partial charge in [0.1, 0.15) is 6.54 Å². The van der Waals surface area contributed by atoms with Crippen LogP contribution < -0.4 is 14.9 Å². The molecule has 0 bridgehead atoms. The summed E-state index contributed by atoms with van der Waals surface area (Å²) < 4.78 is 26.1. The van der Waals surface area contributed by atoms with Crippen molar-refractivity contribution < 1.29 is 18.0 Å². The van der Waals surface area contributed by atoms with Crippen molar-refractivity contribution in [3.8, 4) is 0 Å². The maximum atomic E-state index is 12.6. The van der Waals surface area contributed by atoms with Gasteiger partial charge in [-0.2, -0.15) is 0 Å². The van der Waals surface area contributed by atoms with Gasteiger partial charge in [-0.25, -0.2) is 8.42 Å². The topological polar surface area (TPSA) is 95.6 Å². The minimum absolute atomic E-state index is 0.286. The zero-order valence-corrected chi connectivity index (χ0v) is 18.9. The van der Waals surface area contributed by atoms with E-state index in [1.54, 1.807) is 48.5 Å². The number of para-hydroxylation sites is 2. The molecule has 2 rings (SSSR count). The highest BCUT2D eigenvalue weighted by Crippen LogP contribution is 2.27. The van der Waals surface area contributed by atoms with Crippen molar-refractivity contribution >= 4 is 49.1 Å². The summed E-state index contributed by atoms with van der Waals surface area (Å²) in [5, 5.41) is 5.46. The summed E-state index contributed by atoms with van der Waals surface area (Å²) in [6.07, 6.45) is 1.03. The second-order valence-corrected chi connectivity index (χ2v) is 9.68. The highest BCUT2D eigenvalue weighted by atomic mass is 79.9. The highest BCUT2D eigenvalue weighted by molar-refractivity contribution is 9.10. The van der Waals surface area contributed by atoms with Gasteiger partial charge < -0.3 is 10.6 Å². The largest absolute Gasteiger partial charge is 0.352 e. The summed E-state index contributed by atoms with van der Waals surface area (Å²) in [7, 11) is -3.71. The molecule has 2 aromatic carbocycles. The Bertz CT molecular complexity index is 993. The van der Waals surface area contributed by atoms with Crippen LogP contribution in [0.1, 0.15) is 24.2 Å². The van der Waals surface area contributed by atoms with Gasteiger partial charge >= 0.3 is 0 Å². The zero-order chi connectivity index (χ0) is 21.6. The summed E-state index contributed by atoms with van der Waals surface area (Å²) in [6, 6.07) is 13.3. The number of carbonyl (C=O) groups is 2. The van der Waals surface area contributed by atoms with Crippen molar-refractivity contribution in [2.75, 3.05) is 29.0 Å². The number of anilines is 2. The lowest BCUT2D eigenvalue weighted by molar-refractivity contribution is -0.114. The number of rotatable bonds is 8. The fraction of sp³-hybridized carbons (Fsp3) is 0.300. The summed E-state index contributed by atoms with van der Waals surface area (Å²) in [4.78, 5) is 25.1. The molecule has 0 heterocycles.